The molecule has 0 radical (unpaired) electrons. The van der Waals surface area contributed by atoms with Gasteiger partial charge in [0, 0.05) is 43.1 Å². The standard InChI is InChI=1S/C20H19N7O3/c1-27(2)20-25-18(30-26-20)13-6-11(9-21)5-12(7-13)10-24-14-3-4-16(22)15(8-14)17(23)19(28)29/h3-8,23-24H,10,22H2,1-2H3,(H,28,29). The lowest BCUT2D eigenvalue weighted by atomic mass is 10.0. The summed E-state index contributed by atoms with van der Waals surface area (Å²) in [5.41, 5.74) is 7.93. The highest BCUT2D eigenvalue weighted by atomic mass is 16.5. The molecule has 1 heterocycles. The summed E-state index contributed by atoms with van der Waals surface area (Å²) in [5.74, 6) is -0.647. The molecule has 2 aromatic carbocycles. The topological polar surface area (TPSA) is 165 Å². The molecule has 10 heteroatoms. The maximum atomic E-state index is 11.1. The van der Waals surface area contributed by atoms with Crippen LogP contribution >= 0.6 is 0 Å². The minimum absolute atomic E-state index is 0.126. The number of nitrogens with two attached hydrogens (primary N) is 1. The van der Waals surface area contributed by atoms with E-state index in [4.69, 9.17) is 20.8 Å². The van der Waals surface area contributed by atoms with Gasteiger partial charge in [0.05, 0.1) is 11.6 Å². The normalized spacial score (nSPS) is 10.3. The Morgan fingerprint density at radius 2 is 2.10 bits per heavy atom. The molecule has 1 aromatic heterocycles. The van der Waals surface area contributed by atoms with Crippen LogP contribution < -0.4 is 16.0 Å². The average Bonchev–Trinajstić information content (AvgIpc) is 3.23. The number of hydrogen-bond acceptors (Lipinski definition) is 9. The Morgan fingerprint density at radius 1 is 1.33 bits per heavy atom. The third-order valence-electron chi connectivity index (χ3n) is 4.22. The van der Waals surface area contributed by atoms with Crippen molar-refractivity contribution < 1.29 is 14.4 Å². The van der Waals surface area contributed by atoms with Crippen LogP contribution in [0.5, 0.6) is 0 Å². The number of nitrogens with zero attached hydrogens (tertiary/aromatic N) is 4. The number of carboxylic acid groups (broad SMARTS) is 1. The Hall–Kier alpha value is -4.39. The van der Waals surface area contributed by atoms with Gasteiger partial charge in [-0.25, -0.2) is 4.79 Å². The maximum Gasteiger partial charge on any atom is 0.354 e. The molecule has 5 N–H and O–H groups in total. The zero-order valence-electron chi connectivity index (χ0n) is 16.3. The number of nitrogen functional groups attached to an aromatic ring is 1. The number of nitriles is 1. The second-order valence-electron chi connectivity index (χ2n) is 6.66. The molecule has 0 spiro atoms. The molecule has 0 unspecified atom stereocenters. The van der Waals surface area contributed by atoms with Crippen molar-refractivity contribution in [3.63, 3.8) is 0 Å². The van der Waals surface area contributed by atoms with E-state index in [9.17, 15) is 10.1 Å². The number of hydrogen-bond donors (Lipinski definition) is 4. The van der Waals surface area contributed by atoms with Crippen molar-refractivity contribution >= 4 is 29.0 Å². The van der Waals surface area contributed by atoms with Gasteiger partial charge in [0.25, 0.3) is 11.8 Å². The summed E-state index contributed by atoms with van der Waals surface area (Å²) in [4.78, 5) is 17.1. The summed E-state index contributed by atoms with van der Waals surface area (Å²) in [6.45, 7) is 0.334. The van der Waals surface area contributed by atoms with Gasteiger partial charge in [0.15, 0.2) is 0 Å². The lowest BCUT2D eigenvalue weighted by Gasteiger charge is -2.11. The highest BCUT2D eigenvalue weighted by Crippen LogP contribution is 2.24. The third-order valence-corrected chi connectivity index (χ3v) is 4.22. The largest absolute Gasteiger partial charge is 0.477 e. The number of carbonyl (C=O) groups is 1. The Labute approximate surface area is 172 Å². The lowest BCUT2D eigenvalue weighted by Crippen LogP contribution is -2.15. The van der Waals surface area contributed by atoms with E-state index in [0.717, 1.165) is 5.56 Å². The molecular formula is C20H19N7O3. The molecule has 3 rings (SSSR count). The summed E-state index contributed by atoms with van der Waals surface area (Å²) in [6.07, 6.45) is 0. The summed E-state index contributed by atoms with van der Waals surface area (Å²) >= 11 is 0. The van der Waals surface area contributed by atoms with Gasteiger partial charge in [-0.1, -0.05) is 0 Å². The predicted molar refractivity (Wildman–Crippen MR) is 111 cm³/mol. The first-order valence-electron chi connectivity index (χ1n) is 8.79. The van der Waals surface area contributed by atoms with Crippen molar-refractivity contribution in [1.29, 1.82) is 10.7 Å². The maximum absolute atomic E-state index is 11.1. The van der Waals surface area contributed by atoms with E-state index in [0.29, 0.717) is 35.2 Å². The Morgan fingerprint density at radius 3 is 2.73 bits per heavy atom. The second kappa shape index (κ2) is 8.32. The Kier molecular flexibility index (Phi) is 5.64. The van der Waals surface area contributed by atoms with Crippen molar-refractivity contribution in [2.45, 2.75) is 6.54 Å². The number of nitrogens with one attached hydrogen (secondary N) is 2. The molecular weight excluding hydrogens is 386 g/mol. The van der Waals surface area contributed by atoms with Crippen LogP contribution in [0, 0.1) is 16.7 Å². The predicted octanol–water partition coefficient (Wildman–Crippen LogP) is 2.32. The smallest absolute Gasteiger partial charge is 0.354 e. The quantitative estimate of drug-likeness (QED) is 0.341. The van der Waals surface area contributed by atoms with E-state index in [1.807, 2.05) is 6.07 Å². The summed E-state index contributed by atoms with van der Waals surface area (Å²) in [5, 5.41) is 33.1. The molecule has 3 aromatic rings. The van der Waals surface area contributed by atoms with Gasteiger partial charge >= 0.3 is 5.97 Å². The number of aliphatic carboxylic acids is 1. The summed E-state index contributed by atoms with van der Waals surface area (Å²) in [6, 6.07) is 12.0. The van der Waals surface area contributed by atoms with Gasteiger partial charge in [-0.15, -0.1) is 0 Å². The Bertz CT molecular complexity index is 1160. The van der Waals surface area contributed by atoms with Crippen molar-refractivity contribution in [1.82, 2.24) is 10.1 Å². The molecule has 0 amide bonds. The van der Waals surface area contributed by atoms with Gasteiger partial charge in [-0.3, -0.25) is 5.41 Å². The van der Waals surface area contributed by atoms with Crippen molar-refractivity contribution in [2.24, 2.45) is 0 Å². The average molecular weight is 405 g/mol. The first-order chi connectivity index (χ1) is 14.3. The first-order valence-corrected chi connectivity index (χ1v) is 8.79. The first kappa shape index (κ1) is 20.3. The summed E-state index contributed by atoms with van der Waals surface area (Å²) < 4.78 is 5.28. The fourth-order valence-electron chi connectivity index (χ4n) is 2.70. The van der Waals surface area contributed by atoms with Crippen molar-refractivity contribution in [3.8, 4) is 17.5 Å². The third kappa shape index (κ3) is 4.36. The van der Waals surface area contributed by atoms with E-state index >= 15 is 0 Å². The minimum Gasteiger partial charge on any atom is -0.477 e. The Balaban J connectivity index is 1.85. The number of anilines is 3. The van der Waals surface area contributed by atoms with E-state index in [2.05, 4.69) is 21.5 Å². The van der Waals surface area contributed by atoms with E-state index < -0.39 is 11.7 Å². The molecule has 0 aliphatic carbocycles. The van der Waals surface area contributed by atoms with Crippen LogP contribution in [0.1, 0.15) is 16.7 Å². The van der Waals surface area contributed by atoms with E-state index in [-0.39, 0.29) is 11.3 Å². The number of rotatable bonds is 7. The zero-order valence-corrected chi connectivity index (χ0v) is 16.3. The van der Waals surface area contributed by atoms with Gasteiger partial charge < -0.3 is 25.6 Å². The van der Waals surface area contributed by atoms with Gasteiger partial charge in [0.1, 0.15) is 5.71 Å². The van der Waals surface area contributed by atoms with Crippen LogP contribution in [0.15, 0.2) is 40.9 Å². The summed E-state index contributed by atoms with van der Waals surface area (Å²) in [7, 11) is 3.58. The van der Waals surface area contributed by atoms with Crippen LogP contribution in [-0.4, -0.2) is 41.0 Å². The molecule has 0 fully saturated rings. The second-order valence-corrected chi connectivity index (χ2v) is 6.66. The monoisotopic (exact) mass is 405 g/mol. The van der Waals surface area contributed by atoms with Gasteiger partial charge in [-0.05, 0) is 47.1 Å². The fourth-order valence-corrected chi connectivity index (χ4v) is 2.70. The van der Waals surface area contributed by atoms with Crippen molar-refractivity contribution in [2.75, 3.05) is 30.0 Å². The van der Waals surface area contributed by atoms with Gasteiger partial charge in [0.2, 0.25) is 0 Å². The van der Waals surface area contributed by atoms with Crippen LogP contribution in [-0.2, 0) is 11.3 Å². The molecule has 0 saturated carbocycles. The molecule has 0 aliphatic heterocycles. The van der Waals surface area contributed by atoms with E-state index in [1.165, 1.54) is 12.1 Å². The SMILES string of the molecule is CN(C)c1noc(-c2cc(C#N)cc(CNc3ccc(N)c(C(=N)C(=O)O)c3)c2)n1. The highest BCUT2D eigenvalue weighted by Gasteiger charge is 2.15. The fraction of sp³-hybridized carbons (Fsp3) is 0.150. The number of carboxylic acids is 1. The number of benzene rings is 2. The van der Waals surface area contributed by atoms with Crippen LogP contribution in [0.4, 0.5) is 17.3 Å². The molecule has 0 bridgehead atoms. The van der Waals surface area contributed by atoms with Crippen molar-refractivity contribution in [3.05, 3.63) is 53.1 Å². The zero-order chi connectivity index (χ0) is 21.8. The lowest BCUT2D eigenvalue weighted by molar-refractivity contribution is -0.129. The molecule has 0 atom stereocenters. The molecule has 0 aliphatic rings. The van der Waals surface area contributed by atoms with Crippen LogP contribution in [0.25, 0.3) is 11.5 Å². The molecule has 152 valence electrons. The molecule has 0 saturated heterocycles. The van der Waals surface area contributed by atoms with Gasteiger partial charge in [-0.2, -0.15) is 10.2 Å². The molecule has 10 nitrogen and oxygen atoms in total. The van der Waals surface area contributed by atoms with Crippen LogP contribution in [0.2, 0.25) is 0 Å². The van der Waals surface area contributed by atoms with E-state index in [1.54, 1.807) is 37.2 Å². The molecule has 30 heavy (non-hydrogen) atoms. The number of aromatic nitrogens is 2. The minimum atomic E-state index is -1.36. The highest BCUT2D eigenvalue weighted by molar-refractivity contribution is 6.42. The van der Waals surface area contributed by atoms with Crippen LogP contribution in [0.3, 0.4) is 0 Å².